The number of hydrogen-bond acceptors (Lipinski definition) is 5. The summed E-state index contributed by atoms with van der Waals surface area (Å²) < 4.78 is 24.1. The van der Waals surface area contributed by atoms with E-state index in [4.69, 9.17) is 5.73 Å². The van der Waals surface area contributed by atoms with Crippen molar-refractivity contribution in [3.05, 3.63) is 20.8 Å². The molecule has 2 heterocycles. The summed E-state index contributed by atoms with van der Waals surface area (Å²) >= 11 is 4.74. The van der Waals surface area contributed by atoms with Crippen molar-refractivity contribution in [2.75, 3.05) is 18.1 Å². The molecule has 0 amide bonds. The molecule has 1 saturated heterocycles. The van der Waals surface area contributed by atoms with E-state index in [1.54, 1.807) is 0 Å². The van der Waals surface area contributed by atoms with E-state index in [9.17, 15) is 13.5 Å². The summed E-state index contributed by atoms with van der Waals surface area (Å²) in [6.45, 7) is 0.183. The van der Waals surface area contributed by atoms with Crippen LogP contribution in [-0.4, -0.2) is 31.6 Å². The van der Waals surface area contributed by atoms with Crippen LogP contribution in [0.25, 0.3) is 0 Å². The topological polar surface area (TPSA) is 80.4 Å². The number of halogens is 1. The molecule has 0 spiro atoms. The zero-order valence-electron chi connectivity index (χ0n) is 9.10. The Kier molecular flexibility index (Phi) is 3.66. The molecule has 0 aromatic carbocycles. The number of nitrogens with two attached hydrogens (primary N) is 1. The molecule has 0 aliphatic carbocycles. The molecule has 4 nitrogen and oxygen atoms in total. The summed E-state index contributed by atoms with van der Waals surface area (Å²) in [5, 5.41) is 10.4. The maximum atomic E-state index is 11.6. The van der Waals surface area contributed by atoms with Crippen molar-refractivity contribution in [3.8, 4) is 0 Å². The molecule has 3 N–H and O–H groups in total. The van der Waals surface area contributed by atoms with Crippen molar-refractivity contribution in [1.29, 1.82) is 0 Å². The second-order valence-corrected chi connectivity index (χ2v) is 9.13. The molecule has 0 radical (unpaired) electrons. The lowest BCUT2D eigenvalue weighted by molar-refractivity contribution is 0.0501. The molecule has 1 fully saturated rings. The van der Waals surface area contributed by atoms with Crippen LogP contribution in [-0.2, 0) is 9.84 Å². The lowest BCUT2D eigenvalue weighted by Crippen LogP contribution is -2.37. The van der Waals surface area contributed by atoms with Crippen LogP contribution in [0.5, 0.6) is 0 Å². The lowest BCUT2D eigenvalue weighted by atomic mass is 9.81. The van der Waals surface area contributed by atoms with Gasteiger partial charge in [0, 0.05) is 16.8 Å². The van der Waals surface area contributed by atoms with E-state index < -0.39 is 21.4 Å². The molecule has 1 aromatic heterocycles. The van der Waals surface area contributed by atoms with Gasteiger partial charge in [-0.05, 0) is 34.5 Å². The SMILES string of the molecule is NCC1(C(O)c2ccc(Br)s2)CCS(=O)(=O)C1. The predicted octanol–water partition coefficient (Wildman–Crippen LogP) is 1.31. The second kappa shape index (κ2) is 4.62. The highest BCUT2D eigenvalue weighted by atomic mass is 79.9. The standard InChI is InChI=1S/C10H14BrNO3S2/c11-8-2-1-7(16-8)9(13)10(5-12)3-4-17(14,15)6-10/h1-2,9,13H,3-6,12H2. The third-order valence-corrected chi connectivity index (χ3v) is 6.79. The first-order chi connectivity index (χ1) is 7.88. The summed E-state index contributed by atoms with van der Waals surface area (Å²) in [5.74, 6) is 0.0982. The molecule has 2 rings (SSSR count). The van der Waals surface area contributed by atoms with Gasteiger partial charge in [-0.25, -0.2) is 8.42 Å². The van der Waals surface area contributed by atoms with Crippen molar-refractivity contribution < 1.29 is 13.5 Å². The molecular weight excluding hydrogens is 326 g/mol. The summed E-state index contributed by atoms with van der Waals surface area (Å²) in [4.78, 5) is 0.763. The normalized spacial score (nSPS) is 29.4. The highest BCUT2D eigenvalue weighted by Gasteiger charge is 2.47. The third kappa shape index (κ3) is 2.58. The molecule has 1 aromatic rings. The van der Waals surface area contributed by atoms with Crippen LogP contribution < -0.4 is 5.73 Å². The van der Waals surface area contributed by atoms with Gasteiger partial charge in [-0.15, -0.1) is 11.3 Å². The third-order valence-electron chi connectivity index (χ3n) is 3.27. The van der Waals surface area contributed by atoms with Crippen LogP contribution in [0.3, 0.4) is 0 Å². The van der Waals surface area contributed by atoms with Crippen molar-refractivity contribution in [2.24, 2.45) is 11.1 Å². The first-order valence-electron chi connectivity index (χ1n) is 5.22. The summed E-state index contributed by atoms with van der Waals surface area (Å²) in [5.41, 5.74) is 4.98. The van der Waals surface area contributed by atoms with Crippen LogP contribution in [0, 0.1) is 5.41 Å². The van der Waals surface area contributed by atoms with Crippen LogP contribution >= 0.6 is 27.3 Å². The van der Waals surface area contributed by atoms with Crippen LogP contribution in [0.4, 0.5) is 0 Å². The zero-order chi connectivity index (χ0) is 12.7. The number of aliphatic hydroxyl groups excluding tert-OH is 1. The maximum absolute atomic E-state index is 11.6. The van der Waals surface area contributed by atoms with Crippen LogP contribution in [0.1, 0.15) is 17.4 Å². The lowest BCUT2D eigenvalue weighted by Gasteiger charge is -2.30. The van der Waals surface area contributed by atoms with Crippen LogP contribution in [0.2, 0.25) is 0 Å². The Hall–Kier alpha value is 0.0500. The van der Waals surface area contributed by atoms with Crippen molar-refractivity contribution in [2.45, 2.75) is 12.5 Å². The number of aliphatic hydroxyl groups is 1. The quantitative estimate of drug-likeness (QED) is 0.869. The van der Waals surface area contributed by atoms with E-state index in [2.05, 4.69) is 15.9 Å². The summed E-state index contributed by atoms with van der Waals surface area (Å²) in [6, 6.07) is 3.65. The maximum Gasteiger partial charge on any atom is 0.151 e. The van der Waals surface area contributed by atoms with Crippen LogP contribution in [0.15, 0.2) is 15.9 Å². The second-order valence-electron chi connectivity index (χ2n) is 4.45. The minimum atomic E-state index is -3.06. The molecule has 96 valence electrons. The van der Waals surface area contributed by atoms with Gasteiger partial charge in [0.2, 0.25) is 0 Å². The summed E-state index contributed by atoms with van der Waals surface area (Å²) in [7, 11) is -3.06. The highest BCUT2D eigenvalue weighted by molar-refractivity contribution is 9.11. The van der Waals surface area contributed by atoms with Gasteiger partial charge >= 0.3 is 0 Å². The van der Waals surface area contributed by atoms with Crippen molar-refractivity contribution >= 4 is 37.1 Å². The fraction of sp³-hybridized carbons (Fsp3) is 0.600. The average Bonchev–Trinajstić information content (AvgIpc) is 2.82. The largest absolute Gasteiger partial charge is 0.387 e. The van der Waals surface area contributed by atoms with E-state index in [1.807, 2.05) is 12.1 Å². The number of thiophene rings is 1. The molecule has 1 aliphatic rings. The van der Waals surface area contributed by atoms with Gasteiger partial charge < -0.3 is 10.8 Å². The number of sulfone groups is 1. The summed E-state index contributed by atoms with van der Waals surface area (Å²) in [6.07, 6.45) is -0.372. The van der Waals surface area contributed by atoms with E-state index >= 15 is 0 Å². The smallest absolute Gasteiger partial charge is 0.151 e. The Morgan fingerprint density at radius 2 is 2.29 bits per heavy atom. The molecule has 7 heteroatoms. The monoisotopic (exact) mass is 339 g/mol. The fourth-order valence-corrected chi connectivity index (χ4v) is 5.92. The molecule has 2 atom stereocenters. The average molecular weight is 340 g/mol. The number of rotatable bonds is 3. The molecule has 17 heavy (non-hydrogen) atoms. The number of hydrogen-bond donors (Lipinski definition) is 2. The Morgan fingerprint density at radius 3 is 2.71 bits per heavy atom. The first-order valence-corrected chi connectivity index (χ1v) is 8.65. The van der Waals surface area contributed by atoms with E-state index in [-0.39, 0.29) is 18.1 Å². The molecule has 1 aliphatic heterocycles. The van der Waals surface area contributed by atoms with Gasteiger partial charge in [-0.2, -0.15) is 0 Å². The fourth-order valence-electron chi connectivity index (χ4n) is 2.21. The first kappa shape index (κ1) is 13.5. The highest BCUT2D eigenvalue weighted by Crippen LogP contribution is 2.44. The van der Waals surface area contributed by atoms with Gasteiger partial charge in [0.15, 0.2) is 9.84 Å². The van der Waals surface area contributed by atoms with Crippen molar-refractivity contribution in [1.82, 2.24) is 0 Å². The minimum absolute atomic E-state index is 0.0206. The minimum Gasteiger partial charge on any atom is -0.387 e. The molecule has 2 unspecified atom stereocenters. The van der Waals surface area contributed by atoms with Crippen molar-refractivity contribution in [3.63, 3.8) is 0 Å². The molecule has 0 bridgehead atoms. The van der Waals surface area contributed by atoms with E-state index in [0.29, 0.717) is 6.42 Å². The van der Waals surface area contributed by atoms with Gasteiger partial charge in [0.05, 0.1) is 21.4 Å². The zero-order valence-corrected chi connectivity index (χ0v) is 12.3. The predicted molar refractivity (Wildman–Crippen MR) is 71.7 cm³/mol. The van der Waals surface area contributed by atoms with E-state index in [1.165, 1.54) is 11.3 Å². The molecule has 0 saturated carbocycles. The Balaban J connectivity index is 2.31. The Morgan fingerprint density at radius 1 is 1.59 bits per heavy atom. The van der Waals surface area contributed by atoms with E-state index in [0.717, 1.165) is 8.66 Å². The van der Waals surface area contributed by atoms with Gasteiger partial charge in [0.1, 0.15) is 0 Å². The van der Waals surface area contributed by atoms with Gasteiger partial charge in [-0.1, -0.05) is 0 Å². The van der Waals surface area contributed by atoms with Gasteiger partial charge in [-0.3, -0.25) is 0 Å². The Bertz CT molecular complexity index is 513. The van der Waals surface area contributed by atoms with Gasteiger partial charge in [0.25, 0.3) is 0 Å². The Labute approximate surface area is 113 Å². The molecular formula is C10H14BrNO3S2.